The molecule has 0 aromatic rings. The number of urea groups is 1. The van der Waals surface area contributed by atoms with Gasteiger partial charge in [-0.25, -0.2) is 4.79 Å². The van der Waals surface area contributed by atoms with Gasteiger partial charge >= 0.3 is 6.03 Å². The fourth-order valence-electron chi connectivity index (χ4n) is 1.32. The van der Waals surface area contributed by atoms with Gasteiger partial charge in [-0.1, -0.05) is 0 Å². The number of hydrogen-bond donors (Lipinski definition) is 1. The molecule has 0 aromatic carbocycles. The highest BCUT2D eigenvalue weighted by Crippen LogP contribution is 2.14. The molecular formula is C7H8N4O2. The number of amides is 3. The van der Waals surface area contributed by atoms with E-state index in [9.17, 15) is 9.59 Å². The van der Waals surface area contributed by atoms with Gasteiger partial charge in [0.15, 0.2) is 12.2 Å². The minimum absolute atomic E-state index is 0.388. The van der Waals surface area contributed by atoms with Crippen LogP contribution in [0, 0.1) is 0 Å². The zero-order valence-corrected chi connectivity index (χ0v) is 6.97. The van der Waals surface area contributed by atoms with E-state index in [1.807, 2.05) is 0 Å². The van der Waals surface area contributed by atoms with Crippen LogP contribution in [0.1, 0.15) is 0 Å². The monoisotopic (exact) mass is 180 g/mol. The van der Waals surface area contributed by atoms with Gasteiger partial charge in [0.05, 0.1) is 0 Å². The summed E-state index contributed by atoms with van der Waals surface area (Å²) in [5, 5.41) is 2.19. The quantitative estimate of drug-likeness (QED) is 0.520. The van der Waals surface area contributed by atoms with Crippen molar-refractivity contribution in [3.8, 4) is 0 Å². The van der Waals surface area contributed by atoms with Gasteiger partial charge in [0, 0.05) is 19.5 Å². The Bertz CT molecular complexity index is 322. The summed E-state index contributed by atoms with van der Waals surface area (Å²) in [6.07, 6.45) is 2.47. The summed E-state index contributed by atoms with van der Waals surface area (Å²) in [5.41, 5.74) is 0. The van der Waals surface area contributed by atoms with E-state index < -0.39 is 18.2 Å². The van der Waals surface area contributed by atoms with Crippen molar-refractivity contribution < 1.29 is 9.59 Å². The number of fused-ring (bicyclic) bond motifs is 1. The van der Waals surface area contributed by atoms with Gasteiger partial charge in [-0.05, 0) is 0 Å². The Hall–Kier alpha value is -1.72. The SMILES string of the molecule is CN1C(=O)NC(=O)C2N=CC=NC21. The number of aliphatic imine (C=N–C) groups is 2. The molecule has 2 aliphatic rings. The first-order chi connectivity index (χ1) is 6.20. The standard InChI is InChI=1S/C7H8N4O2/c1-11-5-4(8-2-3-9-5)6(12)10-7(11)13/h2-5H,1H3,(H,10,12,13). The molecule has 0 aromatic heterocycles. The predicted octanol–water partition coefficient (Wildman–Crippen LogP) is -0.982. The summed E-state index contributed by atoms with van der Waals surface area (Å²) in [6.45, 7) is 0. The van der Waals surface area contributed by atoms with Crippen molar-refractivity contribution in [2.75, 3.05) is 7.05 Å². The minimum atomic E-state index is -0.590. The van der Waals surface area contributed by atoms with Crippen molar-refractivity contribution in [3.05, 3.63) is 0 Å². The maximum absolute atomic E-state index is 11.2. The van der Waals surface area contributed by atoms with Crippen LogP contribution in [0.2, 0.25) is 0 Å². The van der Waals surface area contributed by atoms with Gasteiger partial charge in [0.2, 0.25) is 0 Å². The average molecular weight is 180 g/mol. The van der Waals surface area contributed by atoms with Crippen LogP contribution in [0.3, 0.4) is 0 Å². The number of rotatable bonds is 0. The van der Waals surface area contributed by atoms with Crippen LogP contribution in [0.25, 0.3) is 0 Å². The number of nitrogens with zero attached hydrogens (tertiary/aromatic N) is 3. The Kier molecular flexibility index (Phi) is 1.61. The third-order valence-corrected chi connectivity index (χ3v) is 2.05. The van der Waals surface area contributed by atoms with E-state index >= 15 is 0 Å². The van der Waals surface area contributed by atoms with Gasteiger partial charge in [0.1, 0.15) is 0 Å². The summed E-state index contributed by atoms with van der Waals surface area (Å²) in [6, 6.07) is -1.02. The summed E-state index contributed by atoms with van der Waals surface area (Å²) >= 11 is 0. The molecule has 2 aliphatic heterocycles. The third-order valence-electron chi connectivity index (χ3n) is 2.05. The van der Waals surface area contributed by atoms with E-state index in [0.717, 1.165) is 0 Å². The van der Waals surface area contributed by atoms with Crippen LogP contribution in [-0.4, -0.2) is 48.5 Å². The Morgan fingerprint density at radius 2 is 2.08 bits per heavy atom. The second-order valence-electron chi connectivity index (χ2n) is 2.86. The Morgan fingerprint density at radius 3 is 2.85 bits per heavy atom. The predicted molar refractivity (Wildman–Crippen MR) is 45.9 cm³/mol. The van der Waals surface area contributed by atoms with Crippen molar-refractivity contribution in [2.45, 2.75) is 12.2 Å². The molecule has 1 N–H and O–H groups in total. The second-order valence-corrected chi connectivity index (χ2v) is 2.86. The molecule has 68 valence electrons. The van der Waals surface area contributed by atoms with E-state index in [1.165, 1.54) is 17.3 Å². The normalized spacial score (nSPS) is 31.6. The van der Waals surface area contributed by atoms with Crippen LogP contribution in [0.4, 0.5) is 4.79 Å². The van der Waals surface area contributed by atoms with Crippen LogP contribution in [0.15, 0.2) is 9.98 Å². The van der Waals surface area contributed by atoms with Crippen molar-refractivity contribution in [1.29, 1.82) is 0 Å². The van der Waals surface area contributed by atoms with E-state index in [4.69, 9.17) is 0 Å². The van der Waals surface area contributed by atoms with Crippen molar-refractivity contribution in [1.82, 2.24) is 10.2 Å². The lowest BCUT2D eigenvalue weighted by atomic mass is 10.1. The maximum Gasteiger partial charge on any atom is 0.325 e. The van der Waals surface area contributed by atoms with E-state index in [2.05, 4.69) is 15.3 Å². The van der Waals surface area contributed by atoms with Crippen molar-refractivity contribution >= 4 is 24.4 Å². The highest BCUT2D eigenvalue weighted by molar-refractivity contribution is 6.18. The topological polar surface area (TPSA) is 74.1 Å². The first-order valence-corrected chi connectivity index (χ1v) is 3.83. The van der Waals surface area contributed by atoms with Crippen LogP contribution >= 0.6 is 0 Å². The zero-order valence-electron chi connectivity index (χ0n) is 6.97. The number of nitrogens with one attached hydrogen (secondary N) is 1. The second kappa shape index (κ2) is 2.65. The highest BCUT2D eigenvalue weighted by Gasteiger charge is 2.39. The summed E-state index contributed by atoms with van der Waals surface area (Å²) in [7, 11) is 1.58. The van der Waals surface area contributed by atoms with Gasteiger partial charge in [-0.2, -0.15) is 0 Å². The minimum Gasteiger partial charge on any atom is -0.303 e. The lowest BCUT2D eigenvalue weighted by Gasteiger charge is -2.34. The molecule has 0 radical (unpaired) electrons. The van der Waals surface area contributed by atoms with Gasteiger partial charge < -0.3 is 4.90 Å². The summed E-state index contributed by atoms with van der Waals surface area (Å²) in [5.74, 6) is -0.388. The number of carbonyl (C=O) groups is 2. The van der Waals surface area contributed by atoms with E-state index in [-0.39, 0.29) is 5.91 Å². The Balaban J connectivity index is 2.32. The fourth-order valence-corrected chi connectivity index (χ4v) is 1.32. The molecule has 2 atom stereocenters. The van der Waals surface area contributed by atoms with E-state index in [0.29, 0.717) is 0 Å². The van der Waals surface area contributed by atoms with Crippen molar-refractivity contribution in [2.24, 2.45) is 9.98 Å². The molecular weight excluding hydrogens is 172 g/mol. The van der Waals surface area contributed by atoms with Crippen LogP contribution in [0.5, 0.6) is 0 Å². The maximum atomic E-state index is 11.2. The third kappa shape index (κ3) is 1.10. The smallest absolute Gasteiger partial charge is 0.303 e. The molecule has 6 nitrogen and oxygen atoms in total. The molecule has 1 saturated heterocycles. The van der Waals surface area contributed by atoms with Crippen molar-refractivity contribution in [3.63, 3.8) is 0 Å². The summed E-state index contributed by atoms with van der Waals surface area (Å²) < 4.78 is 0. The van der Waals surface area contributed by atoms with Gasteiger partial charge in [0.25, 0.3) is 5.91 Å². The molecule has 2 unspecified atom stereocenters. The number of imide groups is 1. The molecule has 0 aliphatic carbocycles. The van der Waals surface area contributed by atoms with Crippen LogP contribution < -0.4 is 5.32 Å². The molecule has 2 rings (SSSR count). The van der Waals surface area contributed by atoms with E-state index in [1.54, 1.807) is 7.05 Å². The Morgan fingerprint density at radius 1 is 1.38 bits per heavy atom. The first kappa shape index (κ1) is 7.90. The number of carbonyl (C=O) groups excluding carboxylic acids is 2. The lowest BCUT2D eigenvalue weighted by Crippen LogP contribution is -2.60. The lowest BCUT2D eigenvalue weighted by molar-refractivity contribution is -0.124. The largest absolute Gasteiger partial charge is 0.325 e. The zero-order chi connectivity index (χ0) is 9.42. The first-order valence-electron chi connectivity index (χ1n) is 3.83. The molecule has 0 saturated carbocycles. The molecule has 2 heterocycles. The van der Waals surface area contributed by atoms with Crippen LogP contribution in [-0.2, 0) is 4.79 Å². The molecule has 6 heteroatoms. The Labute approximate surface area is 74.3 Å². The molecule has 0 spiro atoms. The number of hydrogen-bond acceptors (Lipinski definition) is 4. The fraction of sp³-hybridized carbons (Fsp3) is 0.429. The summed E-state index contributed by atoms with van der Waals surface area (Å²) in [4.78, 5) is 31.7. The van der Waals surface area contributed by atoms with Gasteiger partial charge in [-0.3, -0.25) is 20.1 Å². The molecule has 1 fully saturated rings. The average Bonchev–Trinajstić information content (AvgIpc) is 2.15. The number of likely N-dealkylation sites (N-methyl/N-ethyl adjacent to an activating group) is 1. The highest BCUT2D eigenvalue weighted by atomic mass is 16.2. The molecule has 0 bridgehead atoms. The van der Waals surface area contributed by atoms with Gasteiger partial charge in [-0.15, -0.1) is 0 Å². The molecule has 13 heavy (non-hydrogen) atoms. The molecule has 3 amide bonds.